The summed E-state index contributed by atoms with van der Waals surface area (Å²) in [6.45, 7) is 5.49. The molecule has 1 aromatic carbocycles. The summed E-state index contributed by atoms with van der Waals surface area (Å²) in [5, 5.41) is 13.3. The minimum atomic E-state index is -0.562. The van der Waals surface area contributed by atoms with Crippen LogP contribution >= 0.6 is 0 Å². The van der Waals surface area contributed by atoms with Crippen LogP contribution in [0.3, 0.4) is 0 Å². The number of nitrogens with one attached hydrogen (secondary N) is 2. The number of methoxy groups -OCH3 is 1. The zero-order chi connectivity index (χ0) is 15.8. The molecule has 0 bridgehead atoms. The highest BCUT2D eigenvalue weighted by Crippen LogP contribution is 2.32. The summed E-state index contributed by atoms with van der Waals surface area (Å²) in [4.78, 5) is 26.7. The Balaban J connectivity index is 2.57. The Bertz CT molecular complexity index is 757. The van der Waals surface area contributed by atoms with Crippen LogP contribution in [0, 0.1) is 0 Å². The molecule has 0 aliphatic heterocycles. The summed E-state index contributed by atoms with van der Waals surface area (Å²) in [7, 11) is 1.42. The normalized spacial score (nSPS) is 11.4. The zero-order valence-corrected chi connectivity index (χ0v) is 12.4. The van der Waals surface area contributed by atoms with Gasteiger partial charge in [-0.15, -0.1) is 0 Å². The first kappa shape index (κ1) is 14.9. The molecular weight excluding hydrogens is 272 g/mol. The number of hydrogen-bond acceptors (Lipinski definition) is 4. The second-order valence-corrected chi connectivity index (χ2v) is 5.80. The Morgan fingerprint density at radius 2 is 2.00 bits per heavy atom. The number of aromatic amines is 1. The van der Waals surface area contributed by atoms with Crippen molar-refractivity contribution >= 4 is 16.8 Å². The third-order valence-corrected chi connectivity index (χ3v) is 2.91. The Morgan fingerprint density at radius 3 is 2.57 bits per heavy atom. The molecule has 0 radical (unpaired) electrons. The van der Waals surface area contributed by atoms with E-state index in [1.165, 1.54) is 13.2 Å². The van der Waals surface area contributed by atoms with Gasteiger partial charge in [0.1, 0.15) is 5.56 Å². The van der Waals surface area contributed by atoms with Gasteiger partial charge in [-0.05, 0) is 39.0 Å². The van der Waals surface area contributed by atoms with Crippen molar-refractivity contribution < 1.29 is 14.6 Å². The van der Waals surface area contributed by atoms with E-state index in [2.05, 4.69) is 10.3 Å². The summed E-state index contributed by atoms with van der Waals surface area (Å²) in [6, 6.07) is 4.69. The molecule has 1 heterocycles. The molecule has 2 aromatic rings. The van der Waals surface area contributed by atoms with Crippen molar-refractivity contribution in [2.45, 2.75) is 26.3 Å². The van der Waals surface area contributed by atoms with E-state index in [9.17, 15) is 14.7 Å². The van der Waals surface area contributed by atoms with Gasteiger partial charge >= 0.3 is 0 Å². The standard InChI is InChI=1S/C15H18N2O4/c1-15(2,3)17-14(20)9-7-8-5-6-10(21-4)12(18)11(8)16-13(9)19/h5-7,18H,1-4H3,(H,16,19)(H,17,20). The fourth-order valence-electron chi connectivity index (χ4n) is 1.98. The van der Waals surface area contributed by atoms with Crippen molar-refractivity contribution in [3.8, 4) is 11.5 Å². The molecule has 6 nitrogen and oxygen atoms in total. The molecule has 2 rings (SSSR count). The second-order valence-electron chi connectivity index (χ2n) is 5.80. The van der Waals surface area contributed by atoms with E-state index in [1.54, 1.807) is 12.1 Å². The number of carbonyl (C=O) groups excluding carboxylic acids is 1. The SMILES string of the molecule is COc1ccc2cc(C(=O)NC(C)(C)C)c(=O)[nH]c2c1O. The van der Waals surface area contributed by atoms with Crippen LogP contribution in [0.25, 0.3) is 10.9 Å². The van der Waals surface area contributed by atoms with Crippen molar-refractivity contribution in [2.24, 2.45) is 0 Å². The zero-order valence-electron chi connectivity index (χ0n) is 12.4. The third-order valence-electron chi connectivity index (χ3n) is 2.91. The Labute approximate surface area is 121 Å². The number of phenols is 1. The van der Waals surface area contributed by atoms with Crippen molar-refractivity contribution in [3.63, 3.8) is 0 Å². The minimum absolute atomic E-state index is 0.00184. The molecule has 0 saturated heterocycles. The number of aromatic nitrogens is 1. The number of pyridine rings is 1. The van der Waals surface area contributed by atoms with Gasteiger partial charge in [-0.25, -0.2) is 0 Å². The molecule has 0 aliphatic rings. The van der Waals surface area contributed by atoms with Gasteiger partial charge in [0.15, 0.2) is 11.5 Å². The lowest BCUT2D eigenvalue weighted by Crippen LogP contribution is -2.42. The van der Waals surface area contributed by atoms with Gasteiger partial charge in [-0.3, -0.25) is 9.59 Å². The molecule has 1 aromatic heterocycles. The van der Waals surface area contributed by atoms with Crippen LogP contribution in [0.5, 0.6) is 11.5 Å². The smallest absolute Gasteiger partial charge is 0.261 e. The molecule has 21 heavy (non-hydrogen) atoms. The average molecular weight is 290 g/mol. The quantitative estimate of drug-likeness (QED) is 0.786. The highest BCUT2D eigenvalue weighted by molar-refractivity contribution is 5.98. The topological polar surface area (TPSA) is 91.4 Å². The molecule has 112 valence electrons. The molecule has 6 heteroatoms. The first-order chi connectivity index (χ1) is 9.73. The number of hydrogen-bond donors (Lipinski definition) is 3. The van der Waals surface area contributed by atoms with Gasteiger partial charge in [-0.2, -0.15) is 0 Å². The summed E-state index contributed by atoms with van der Waals surface area (Å²) < 4.78 is 4.99. The predicted octanol–water partition coefficient (Wildman–Crippen LogP) is 1.77. The Kier molecular flexibility index (Phi) is 3.63. The van der Waals surface area contributed by atoms with Crippen LogP contribution in [0.4, 0.5) is 0 Å². The Hall–Kier alpha value is -2.50. The molecule has 0 fully saturated rings. The lowest BCUT2D eigenvalue weighted by atomic mass is 10.1. The van der Waals surface area contributed by atoms with Crippen molar-refractivity contribution in [1.82, 2.24) is 10.3 Å². The van der Waals surface area contributed by atoms with Crippen LogP contribution in [-0.2, 0) is 0 Å². The van der Waals surface area contributed by atoms with Crippen molar-refractivity contribution in [3.05, 3.63) is 34.1 Å². The van der Waals surface area contributed by atoms with E-state index in [0.717, 1.165) is 0 Å². The molecule has 1 amide bonds. The van der Waals surface area contributed by atoms with E-state index >= 15 is 0 Å². The van der Waals surface area contributed by atoms with Crippen molar-refractivity contribution in [1.29, 1.82) is 0 Å². The lowest BCUT2D eigenvalue weighted by Gasteiger charge is -2.20. The minimum Gasteiger partial charge on any atom is -0.503 e. The summed E-state index contributed by atoms with van der Waals surface area (Å²) in [5.41, 5.74) is -0.762. The van der Waals surface area contributed by atoms with Crippen LogP contribution in [0.15, 0.2) is 23.0 Å². The number of phenolic OH excluding ortho intramolecular Hbond substituents is 1. The predicted molar refractivity (Wildman–Crippen MR) is 80.0 cm³/mol. The summed E-state index contributed by atoms with van der Waals surface area (Å²) in [5.74, 6) is -0.360. The van der Waals surface area contributed by atoms with Crippen LogP contribution in [0.1, 0.15) is 31.1 Å². The molecule has 0 saturated carbocycles. The molecule has 0 unspecified atom stereocenters. The van der Waals surface area contributed by atoms with Crippen LogP contribution in [-0.4, -0.2) is 28.6 Å². The first-order valence-corrected chi connectivity index (χ1v) is 6.48. The van der Waals surface area contributed by atoms with E-state index in [-0.39, 0.29) is 22.6 Å². The molecule has 3 N–H and O–H groups in total. The second kappa shape index (κ2) is 5.12. The highest BCUT2D eigenvalue weighted by atomic mass is 16.5. The van der Waals surface area contributed by atoms with Gasteiger partial charge < -0.3 is 20.1 Å². The number of ether oxygens (including phenoxy) is 1. The maximum atomic E-state index is 12.1. The van der Waals surface area contributed by atoms with Crippen molar-refractivity contribution in [2.75, 3.05) is 7.11 Å². The molecule has 0 aliphatic carbocycles. The maximum absolute atomic E-state index is 12.1. The van der Waals surface area contributed by atoms with Gasteiger partial charge in [0.05, 0.1) is 12.6 Å². The van der Waals surface area contributed by atoms with E-state index in [0.29, 0.717) is 5.39 Å². The number of aromatic hydroxyl groups is 1. The number of benzene rings is 1. The van der Waals surface area contributed by atoms with E-state index < -0.39 is 17.0 Å². The fourth-order valence-corrected chi connectivity index (χ4v) is 1.98. The van der Waals surface area contributed by atoms with Gasteiger partial charge in [0, 0.05) is 10.9 Å². The summed E-state index contributed by atoms with van der Waals surface area (Å²) >= 11 is 0. The van der Waals surface area contributed by atoms with E-state index in [4.69, 9.17) is 4.74 Å². The van der Waals surface area contributed by atoms with Gasteiger partial charge in [0.2, 0.25) is 0 Å². The molecule has 0 atom stereocenters. The third kappa shape index (κ3) is 2.99. The fraction of sp³-hybridized carbons (Fsp3) is 0.333. The lowest BCUT2D eigenvalue weighted by molar-refractivity contribution is 0.0918. The monoisotopic (exact) mass is 290 g/mol. The summed E-state index contributed by atoms with van der Waals surface area (Å²) in [6.07, 6.45) is 0. The Morgan fingerprint density at radius 1 is 1.33 bits per heavy atom. The largest absolute Gasteiger partial charge is 0.503 e. The number of carbonyl (C=O) groups is 1. The first-order valence-electron chi connectivity index (χ1n) is 6.48. The molecule has 0 spiro atoms. The number of rotatable bonds is 2. The van der Waals surface area contributed by atoms with Gasteiger partial charge in [0.25, 0.3) is 11.5 Å². The van der Waals surface area contributed by atoms with Crippen LogP contribution in [0.2, 0.25) is 0 Å². The number of fused-ring (bicyclic) bond motifs is 1. The number of H-pyrrole nitrogens is 1. The maximum Gasteiger partial charge on any atom is 0.261 e. The highest BCUT2D eigenvalue weighted by Gasteiger charge is 2.19. The van der Waals surface area contributed by atoms with Crippen LogP contribution < -0.4 is 15.6 Å². The average Bonchev–Trinajstić information content (AvgIpc) is 2.37. The van der Waals surface area contributed by atoms with Gasteiger partial charge in [-0.1, -0.05) is 0 Å². The number of amides is 1. The van der Waals surface area contributed by atoms with E-state index in [1.807, 2.05) is 20.8 Å². The molecular formula is C15H18N2O4.